The number of ketones is 1. The third kappa shape index (κ3) is 3.12. The molecule has 3 rings (SSSR count). The Hall–Kier alpha value is -2.22. The molecule has 0 N–H and O–H groups in total. The number of hydrogen-bond donors (Lipinski definition) is 0. The average molecular weight is 305 g/mol. The molecule has 2 aromatic rings. The molecular formula is C21H23NO. The molecule has 2 aromatic carbocycles. The Labute approximate surface area is 138 Å². The van der Waals surface area contributed by atoms with Crippen molar-refractivity contribution >= 4 is 11.5 Å². The highest BCUT2D eigenvalue weighted by atomic mass is 16.1. The minimum Gasteiger partial charge on any atom is -0.297 e. The van der Waals surface area contributed by atoms with E-state index in [-0.39, 0.29) is 17.7 Å². The van der Waals surface area contributed by atoms with Crippen molar-refractivity contribution < 1.29 is 4.79 Å². The standard InChI is InChI=1S/C21H23NO/c1-4-20(23)21-18(17-8-6-5-7-15(17)3)13-19(22-21)16-11-9-14(2)10-12-16/h5-12,18,21H,4,13H2,1-3H3. The molecule has 0 spiro atoms. The first kappa shape index (κ1) is 15.7. The number of aliphatic imine (C=N–C) groups is 1. The van der Waals surface area contributed by atoms with Gasteiger partial charge in [-0.1, -0.05) is 61.0 Å². The molecule has 1 aliphatic heterocycles. The van der Waals surface area contributed by atoms with Crippen molar-refractivity contribution in [1.82, 2.24) is 0 Å². The third-order valence-electron chi connectivity index (χ3n) is 4.74. The van der Waals surface area contributed by atoms with Crippen LogP contribution in [0.1, 0.15) is 47.9 Å². The van der Waals surface area contributed by atoms with Gasteiger partial charge in [0, 0.05) is 18.1 Å². The highest BCUT2D eigenvalue weighted by molar-refractivity contribution is 6.05. The van der Waals surface area contributed by atoms with Gasteiger partial charge in [0.25, 0.3) is 0 Å². The van der Waals surface area contributed by atoms with E-state index in [9.17, 15) is 4.79 Å². The van der Waals surface area contributed by atoms with Crippen LogP contribution in [-0.4, -0.2) is 17.5 Å². The zero-order chi connectivity index (χ0) is 16.4. The van der Waals surface area contributed by atoms with Crippen LogP contribution in [0.15, 0.2) is 53.5 Å². The summed E-state index contributed by atoms with van der Waals surface area (Å²) >= 11 is 0. The summed E-state index contributed by atoms with van der Waals surface area (Å²) in [5.74, 6) is 0.403. The number of aryl methyl sites for hydroxylation is 2. The van der Waals surface area contributed by atoms with Crippen molar-refractivity contribution in [3.05, 3.63) is 70.8 Å². The van der Waals surface area contributed by atoms with Crippen LogP contribution in [0.4, 0.5) is 0 Å². The van der Waals surface area contributed by atoms with Crippen molar-refractivity contribution in [2.45, 2.75) is 45.6 Å². The van der Waals surface area contributed by atoms with Crippen LogP contribution >= 0.6 is 0 Å². The highest BCUT2D eigenvalue weighted by Crippen LogP contribution is 2.36. The van der Waals surface area contributed by atoms with Crippen molar-refractivity contribution in [2.24, 2.45) is 4.99 Å². The first-order valence-electron chi connectivity index (χ1n) is 8.32. The fraction of sp³-hybridized carbons (Fsp3) is 0.333. The van der Waals surface area contributed by atoms with Gasteiger partial charge in [0.1, 0.15) is 6.04 Å². The van der Waals surface area contributed by atoms with Gasteiger partial charge in [-0.2, -0.15) is 0 Å². The zero-order valence-electron chi connectivity index (χ0n) is 14.0. The Kier molecular flexibility index (Phi) is 4.42. The monoisotopic (exact) mass is 305 g/mol. The highest BCUT2D eigenvalue weighted by Gasteiger charge is 2.35. The molecule has 0 bridgehead atoms. The van der Waals surface area contributed by atoms with Gasteiger partial charge in [-0.3, -0.25) is 9.79 Å². The van der Waals surface area contributed by atoms with E-state index in [1.54, 1.807) is 0 Å². The molecule has 118 valence electrons. The predicted octanol–water partition coefficient (Wildman–Crippen LogP) is 4.63. The van der Waals surface area contributed by atoms with E-state index in [0.29, 0.717) is 6.42 Å². The van der Waals surface area contributed by atoms with Crippen LogP contribution in [0.25, 0.3) is 0 Å². The maximum absolute atomic E-state index is 12.4. The van der Waals surface area contributed by atoms with Crippen molar-refractivity contribution in [1.29, 1.82) is 0 Å². The maximum atomic E-state index is 12.4. The Morgan fingerprint density at radius 2 is 1.78 bits per heavy atom. The van der Waals surface area contributed by atoms with Crippen molar-refractivity contribution in [2.75, 3.05) is 0 Å². The zero-order valence-corrected chi connectivity index (χ0v) is 14.0. The number of benzene rings is 2. The van der Waals surface area contributed by atoms with E-state index >= 15 is 0 Å². The van der Waals surface area contributed by atoms with Crippen molar-refractivity contribution in [3.63, 3.8) is 0 Å². The number of Topliss-reactive ketones (excluding diaryl/α,β-unsaturated/α-hetero) is 1. The Bertz CT molecular complexity index is 743. The van der Waals surface area contributed by atoms with Crippen molar-refractivity contribution in [3.8, 4) is 0 Å². The molecule has 1 aliphatic rings. The normalized spacial score (nSPS) is 20.4. The lowest BCUT2D eigenvalue weighted by Gasteiger charge is -2.19. The second-order valence-corrected chi connectivity index (χ2v) is 6.37. The number of hydrogen-bond acceptors (Lipinski definition) is 2. The molecule has 0 saturated carbocycles. The second kappa shape index (κ2) is 6.49. The average Bonchev–Trinajstić information content (AvgIpc) is 3.00. The molecule has 1 heterocycles. The molecule has 0 radical (unpaired) electrons. The molecule has 0 fully saturated rings. The van der Waals surface area contributed by atoms with Gasteiger partial charge in [-0.15, -0.1) is 0 Å². The van der Waals surface area contributed by atoms with Crippen LogP contribution in [-0.2, 0) is 4.79 Å². The van der Waals surface area contributed by atoms with E-state index in [4.69, 9.17) is 4.99 Å². The van der Waals surface area contributed by atoms with Gasteiger partial charge < -0.3 is 0 Å². The van der Waals surface area contributed by atoms with Gasteiger partial charge in [0.15, 0.2) is 5.78 Å². The molecule has 2 atom stereocenters. The molecule has 23 heavy (non-hydrogen) atoms. The molecule has 0 amide bonds. The van der Waals surface area contributed by atoms with E-state index < -0.39 is 0 Å². The van der Waals surface area contributed by atoms with Gasteiger partial charge in [-0.25, -0.2) is 0 Å². The number of nitrogens with zero attached hydrogens (tertiary/aromatic N) is 1. The summed E-state index contributed by atoms with van der Waals surface area (Å²) in [4.78, 5) is 17.3. The first-order chi connectivity index (χ1) is 11.1. The summed E-state index contributed by atoms with van der Waals surface area (Å²) in [6, 6.07) is 16.6. The molecule has 0 saturated heterocycles. The van der Waals surface area contributed by atoms with Crippen LogP contribution < -0.4 is 0 Å². The van der Waals surface area contributed by atoms with E-state index in [0.717, 1.165) is 17.7 Å². The largest absolute Gasteiger partial charge is 0.297 e. The summed E-state index contributed by atoms with van der Waals surface area (Å²) in [7, 11) is 0. The number of carbonyl (C=O) groups is 1. The topological polar surface area (TPSA) is 29.4 Å². The van der Waals surface area contributed by atoms with E-state index in [2.05, 4.69) is 56.3 Å². The lowest BCUT2D eigenvalue weighted by atomic mass is 9.84. The fourth-order valence-electron chi connectivity index (χ4n) is 3.36. The lowest BCUT2D eigenvalue weighted by Crippen LogP contribution is -2.23. The Balaban J connectivity index is 1.97. The Morgan fingerprint density at radius 1 is 1.09 bits per heavy atom. The second-order valence-electron chi connectivity index (χ2n) is 6.37. The predicted molar refractivity (Wildman–Crippen MR) is 95.3 cm³/mol. The van der Waals surface area contributed by atoms with Crippen LogP contribution in [0.3, 0.4) is 0 Å². The quantitative estimate of drug-likeness (QED) is 0.810. The number of rotatable bonds is 4. The van der Waals surface area contributed by atoms with Crippen LogP contribution in [0.5, 0.6) is 0 Å². The molecule has 2 nitrogen and oxygen atoms in total. The minimum absolute atomic E-state index is 0.167. The maximum Gasteiger partial charge on any atom is 0.157 e. The SMILES string of the molecule is CCC(=O)C1N=C(c2ccc(C)cc2)CC1c1ccccc1C. The van der Waals surface area contributed by atoms with Crippen LogP contribution in [0, 0.1) is 13.8 Å². The minimum atomic E-state index is -0.239. The van der Waals surface area contributed by atoms with Gasteiger partial charge in [0.2, 0.25) is 0 Å². The van der Waals surface area contributed by atoms with E-state index in [1.807, 2.05) is 13.0 Å². The fourth-order valence-corrected chi connectivity index (χ4v) is 3.36. The van der Waals surface area contributed by atoms with Crippen LogP contribution in [0.2, 0.25) is 0 Å². The summed E-state index contributed by atoms with van der Waals surface area (Å²) in [6.45, 7) is 6.13. The van der Waals surface area contributed by atoms with Gasteiger partial charge in [-0.05, 0) is 37.0 Å². The molecular weight excluding hydrogens is 282 g/mol. The van der Waals surface area contributed by atoms with Gasteiger partial charge >= 0.3 is 0 Å². The first-order valence-corrected chi connectivity index (χ1v) is 8.32. The summed E-state index contributed by atoms with van der Waals surface area (Å²) in [6.07, 6.45) is 1.38. The Morgan fingerprint density at radius 3 is 2.43 bits per heavy atom. The smallest absolute Gasteiger partial charge is 0.157 e. The van der Waals surface area contributed by atoms with E-state index in [1.165, 1.54) is 16.7 Å². The molecule has 2 unspecified atom stereocenters. The van der Waals surface area contributed by atoms with Gasteiger partial charge in [0.05, 0.1) is 0 Å². The summed E-state index contributed by atoms with van der Waals surface area (Å²) < 4.78 is 0. The molecule has 0 aliphatic carbocycles. The lowest BCUT2D eigenvalue weighted by molar-refractivity contribution is -0.120. The molecule has 0 aromatic heterocycles. The summed E-state index contributed by atoms with van der Waals surface area (Å²) in [5, 5.41) is 0. The number of carbonyl (C=O) groups excluding carboxylic acids is 1. The molecule has 2 heteroatoms. The third-order valence-corrected chi connectivity index (χ3v) is 4.74. The summed E-state index contributed by atoms with van der Waals surface area (Å²) in [5.41, 5.74) is 5.94.